The molecule has 0 saturated heterocycles. The number of rotatable bonds is 4. The summed E-state index contributed by atoms with van der Waals surface area (Å²) >= 11 is 0. The summed E-state index contributed by atoms with van der Waals surface area (Å²) in [6.45, 7) is 0.953. The maximum Gasteiger partial charge on any atom is 0.139 e. The largest absolute Gasteiger partial charge is 0.331 e. The van der Waals surface area contributed by atoms with Crippen molar-refractivity contribution in [3.05, 3.63) is 78.6 Å². The Morgan fingerprint density at radius 2 is 1.53 bits per heavy atom. The summed E-state index contributed by atoms with van der Waals surface area (Å²) in [6, 6.07) is 20.9. The minimum absolute atomic E-state index is 0.953. The van der Waals surface area contributed by atoms with E-state index < -0.39 is 0 Å². The molecule has 0 fully saturated rings. The van der Waals surface area contributed by atoms with Crippen LogP contribution in [0.25, 0.3) is 11.4 Å². The average Bonchev–Trinajstić information content (AvgIpc) is 2.95. The SMILES string of the molecule is c1ccc(CCn2ccnc2-c2ccccc2)cc1. The van der Waals surface area contributed by atoms with Crippen LogP contribution in [0.4, 0.5) is 0 Å². The lowest BCUT2D eigenvalue weighted by atomic mass is 10.1. The van der Waals surface area contributed by atoms with Crippen LogP contribution in [0.5, 0.6) is 0 Å². The van der Waals surface area contributed by atoms with Gasteiger partial charge in [0.25, 0.3) is 0 Å². The highest BCUT2D eigenvalue weighted by atomic mass is 15.1. The number of aromatic nitrogens is 2. The van der Waals surface area contributed by atoms with Crippen molar-refractivity contribution in [1.82, 2.24) is 9.55 Å². The standard InChI is InChI=1S/C17H16N2/c1-3-7-15(8-4-1)11-13-19-14-12-18-17(19)16-9-5-2-6-10-16/h1-10,12,14H,11,13H2. The third kappa shape index (κ3) is 2.74. The first kappa shape index (κ1) is 11.7. The molecule has 2 heteroatoms. The summed E-state index contributed by atoms with van der Waals surface area (Å²) < 4.78 is 2.21. The summed E-state index contributed by atoms with van der Waals surface area (Å²) in [5.74, 6) is 1.04. The predicted octanol–water partition coefficient (Wildman–Crippen LogP) is 3.79. The van der Waals surface area contributed by atoms with Crippen LogP contribution in [-0.4, -0.2) is 9.55 Å². The lowest BCUT2D eigenvalue weighted by molar-refractivity contribution is 0.703. The van der Waals surface area contributed by atoms with E-state index in [9.17, 15) is 0 Å². The second kappa shape index (κ2) is 5.53. The van der Waals surface area contributed by atoms with Crippen LogP contribution in [0.1, 0.15) is 5.56 Å². The summed E-state index contributed by atoms with van der Waals surface area (Å²) in [7, 11) is 0. The lowest BCUT2D eigenvalue weighted by Crippen LogP contribution is -2.02. The molecule has 3 aromatic rings. The molecule has 0 spiro atoms. The Balaban J connectivity index is 1.78. The van der Waals surface area contributed by atoms with Crippen molar-refractivity contribution in [1.29, 1.82) is 0 Å². The number of nitrogens with zero attached hydrogens (tertiary/aromatic N) is 2. The van der Waals surface area contributed by atoms with Crippen molar-refractivity contribution in [2.45, 2.75) is 13.0 Å². The fourth-order valence-corrected chi connectivity index (χ4v) is 2.23. The van der Waals surface area contributed by atoms with Crippen LogP contribution in [0.3, 0.4) is 0 Å². The third-order valence-electron chi connectivity index (χ3n) is 3.23. The van der Waals surface area contributed by atoms with E-state index in [1.165, 1.54) is 11.1 Å². The maximum atomic E-state index is 4.46. The second-order valence-corrected chi connectivity index (χ2v) is 4.55. The molecule has 0 N–H and O–H groups in total. The van der Waals surface area contributed by atoms with E-state index in [4.69, 9.17) is 0 Å². The van der Waals surface area contributed by atoms with Gasteiger partial charge in [0, 0.05) is 24.5 Å². The summed E-state index contributed by atoms with van der Waals surface area (Å²) in [6.07, 6.45) is 4.94. The van der Waals surface area contributed by atoms with Crippen LogP contribution in [0, 0.1) is 0 Å². The molecule has 0 atom stereocenters. The quantitative estimate of drug-likeness (QED) is 0.687. The van der Waals surface area contributed by atoms with E-state index in [1.54, 1.807) is 0 Å². The van der Waals surface area contributed by atoms with E-state index in [1.807, 2.05) is 30.6 Å². The Bertz CT molecular complexity index is 627. The van der Waals surface area contributed by atoms with Gasteiger partial charge in [-0.2, -0.15) is 0 Å². The molecule has 0 aliphatic rings. The normalized spacial score (nSPS) is 10.5. The zero-order valence-corrected chi connectivity index (χ0v) is 10.7. The molecule has 1 heterocycles. The Labute approximate surface area is 113 Å². The highest BCUT2D eigenvalue weighted by Crippen LogP contribution is 2.17. The van der Waals surface area contributed by atoms with Gasteiger partial charge in [0.05, 0.1) is 0 Å². The molecule has 0 bridgehead atoms. The first-order valence-corrected chi connectivity index (χ1v) is 6.54. The van der Waals surface area contributed by atoms with Crippen LogP contribution in [0.15, 0.2) is 73.1 Å². The van der Waals surface area contributed by atoms with E-state index in [0.717, 1.165) is 18.8 Å². The smallest absolute Gasteiger partial charge is 0.139 e. The highest BCUT2D eigenvalue weighted by molar-refractivity contribution is 5.55. The number of benzene rings is 2. The third-order valence-corrected chi connectivity index (χ3v) is 3.23. The molecule has 94 valence electrons. The zero-order chi connectivity index (χ0) is 12.9. The van der Waals surface area contributed by atoms with E-state index in [2.05, 4.69) is 52.0 Å². The minimum atomic E-state index is 0.953. The first-order valence-electron chi connectivity index (χ1n) is 6.54. The molecule has 3 rings (SSSR count). The molecular weight excluding hydrogens is 232 g/mol. The summed E-state index contributed by atoms with van der Waals surface area (Å²) in [4.78, 5) is 4.46. The van der Waals surface area contributed by atoms with Crippen LogP contribution < -0.4 is 0 Å². The molecule has 0 aliphatic carbocycles. The molecule has 1 aromatic heterocycles. The van der Waals surface area contributed by atoms with Gasteiger partial charge in [-0.15, -0.1) is 0 Å². The zero-order valence-electron chi connectivity index (χ0n) is 10.7. The molecule has 2 aromatic carbocycles. The van der Waals surface area contributed by atoms with Gasteiger partial charge in [-0.05, 0) is 12.0 Å². The van der Waals surface area contributed by atoms with Gasteiger partial charge >= 0.3 is 0 Å². The summed E-state index contributed by atoms with van der Waals surface area (Å²) in [5, 5.41) is 0. The van der Waals surface area contributed by atoms with E-state index in [0.29, 0.717) is 0 Å². The van der Waals surface area contributed by atoms with Crippen LogP contribution in [0.2, 0.25) is 0 Å². The Morgan fingerprint density at radius 3 is 2.26 bits per heavy atom. The van der Waals surface area contributed by atoms with Crippen molar-refractivity contribution >= 4 is 0 Å². The minimum Gasteiger partial charge on any atom is -0.331 e. The monoisotopic (exact) mass is 248 g/mol. The van der Waals surface area contributed by atoms with Crippen molar-refractivity contribution in [2.24, 2.45) is 0 Å². The number of imidazole rings is 1. The Hall–Kier alpha value is -2.35. The van der Waals surface area contributed by atoms with E-state index >= 15 is 0 Å². The second-order valence-electron chi connectivity index (χ2n) is 4.55. The van der Waals surface area contributed by atoms with Crippen molar-refractivity contribution in [3.63, 3.8) is 0 Å². The van der Waals surface area contributed by atoms with Crippen molar-refractivity contribution in [3.8, 4) is 11.4 Å². The van der Waals surface area contributed by atoms with Crippen molar-refractivity contribution in [2.75, 3.05) is 0 Å². The number of hydrogen-bond acceptors (Lipinski definition) is 1. The van der Waals surface area contributed by atoms with Gasteiger partial charge in [-0.25, -0.2) is 4.98 Å². The Morgan fingerprint density at radius 1 is 0.842 bits per heavy atom. The van der Waals surface area contributed by atoms with Gasteiger partial charge < -0.3 is 4.57 Å². The lowest BCUT2D eigenvalue weighted by Gasteiger charge is -2.08. The van der Waals surface area contributed by atoms with Crippen molar-refractivity contribution < 1.29 is 0 Å². The van der Waals surface area contributed by atoms with Crippen LogP contribution >= 0.6 is 0 Å². The molecule has 0 unspecified atom stereocenters. The van der Waals surface area contributed by atoms with Gasteiger partial charge in [-0.1, -0.05) is 60.7 Å². The summed E-state index contributed by atoms with van der Waals surface area (Å²) in [5.41, 5.74) is 2.52. The number of aryl methyl sites for hydroxylation is 2. The van der Waals surface area contributed by atoms with Gasteiger partial charge in [0.1, 0.15) is 5.82 Å². The average molecular weight is 248 g/mol. The fraction of sp³-hybridized carbons (Fsp3) is 0.118. The molecular formula is C17H16N2. The maximum absolute atomic E-state index is 4.46. The molecule has 19 heavy (non-hydrogen) atoms. The molecule has 0 amide bonds. The fourth-order valence-electron chi connectivity index (χ4n) is 2.23. The van der Waals surface area contributed by atoms with E-state index in [-0.39, 0.29) is 0 Å². The molecule has 0 radical (unpaired) electrons. The van der Waals surface area contributed by atoms with Gasteiger partial charge in [-0.3, -0.25) is 0 Å². The molecule has 0 aliphatic heterocycles. The topological polar surface area (TPSA) is 17.8 Å². The molecule has 2 nitrogen and oxygen atoms in total. The van der Waals surface area contributed by atoms with Gasteiger partial charge in [0.2, 0.25) is 0 Å². The highest BCUT2D eigenvalue weighted by Gasteiger charge is 2.04. The van der Waals surface area contributed by atoms with Gasteiger partial charge in [0.15, 0.2) is 0 Å². The van der Waals surface area contributed by atoms with Crippen LogP contribution in [-0.2, 0) is 13.0 Å². The number of hydrogen-bond donors (Lipinski definition) is 0. The predicted molar refractivity (Wildman–Crippen MR) is 77.8 cm³/mol. The first-order chi connectivity index (χ1) is 9.43. The Kier molecular flexibility index (Phi) is 3.41. The molecule has 0 saturated carbocycles.